The maximum absolute atomic E-state index is 12.9. The van der Waals surface area contributed by atoms with Gasteiger partial charge in [0.2, 0.25) is 5.89 Å². The monoisotopic (exact) mass is 306 g/mol. The molecule has 9 heteroatoms. The lowest BCUT2D eigenvalue weighted by Crippen LogP contribution is -2.09. The minimum atomic E-state index is -4.56. The van der Waals surface area contributed by atoms with Crippen molar-refractivity contribution < 1.29 is 17.6 Å². The van der Waals surface area contributed by atoms with Crippen molar-refractivity contribution in [3.8, 4) is 0 Å². The average molecular weight is 307 g/mol. The molecular formula is C11H10ClF3N4O. The number of nitrogens with one attached hydrogen (secondary N) is 1. The van der Waals surface area contributed by atoms with Crippen molar-refractivity contribution >= 4 is 23.3 Å². The number of rotatable bonds is 3. The van der Waals surface area contributed by atoms with Crippen molar-refractivity contribution in [2.24, 2.45) is 5.73 Å². The van der Waals surface area contributed by atoms with E-state index in [9.17, 15) is 13.2 Å². The number of hydrogen-bond acceptors (Lipinski definition) is 5. The van der Waals surface area contributed by atoms with Crippen molar-refractivity contribution in [1.82, 2.24) is 10.2 Å². The molecule has 0 bridgehead atoms. The summed E-state index contributed by atoms with van der Waals surface area (Å²) in [5.74, 6) is 0.105. The van der Waals surface area contributed by atoms with Gasteiger partial charge in [0.05, 0.1) is 22.3 Å². The molecular weight excluding hydrogens is 297 g/mol. The molecule has 108 valence electrons. The Morgan fingerprint density at radius 2 is 2.05 bits per heavy atom. The Labute approximate surface area is 116 Å². The molecule has 20 heavy (non-hydrogen) atoms. The third kappa shape index (κ3) is 3.02. The van der Waals surface area contributed by atoms with Gasteiger partial charge in [-0.05, 0) is 19.1 Å². The van der Waals surface area contributed by atoms with Crippen molar-refractivity contribution in [3.63, 3.8) is 0 Å². The second-order valence-electron chi connectivity index (χ2n) is 4.02. The summed E-state index contributed by atoms with van der Waals surface area (Å²) in [6.07, 6.45) is -4.56. The second kappa shape index (κ2) is 5.29. The van der Waals surface area contributed by atoms with Gasteiger partial charge in [-0.3, -0.25) is 0 Å². The average Bonchev–Trinajstić information content (AvgIpc) is 2.79. The van der Waals surface area contributed by atoms with E-state index < -0.39 is 17.8 Å². The summed E-state index contributed by atoms with van der Waals surface area (Å²) in [6.45, 7) is 1.61. The summed E-state index contributed by atoms with van der Waals surface area (Å²) in [5, 5.41) is 9.43. The number of aromatic nitrogens is 2. The van der Waals surface area contributed by atoms with Gasteiger partial charge < -0.3 is 15.5 Å². The standard InChI is InChI=1S/C11H10ClF3N4O/c1-5(16)9-18-19-10(20-9)17-8-6(11(13,14)15)3-2-4-7(8)12/h2-5H,16H2,1H3,(H,17,19). The van der Waals surface area contributed by atoms with Crippen molar-refractivity contribution in [1.29, 1.82) is 0 Å². The van der Waals surface area contributed by atoms with Crippen molar-refractivity contribution in [2.75, 3.05) is 5.32 Å². The van der Waals surface area contributed by atoms with Gasteiger partial charge in [-0.2, -0.15) is 13.2 Å². The highest BCUT2D eigenvalue weighted by Crippen LogP contribution is 2.39. The van der Waals surface area contributed by atoms with E-state index in [1.54, 1.807) is 6.92 Å². The SMILES string of the molecule is CC(N)c1nnc(Nc2c(Cl)cccc2C(F)(F)F)o1. The first-order valence-electron chi connectivity index (χ1n) is 5.50. The summed E-state index contributed by atoms with van der Waals surface area (Å²) in [4.78, 5) is 0. The highest BCUT2D eigenvalue weighted by molar-refractivity contribution is 6.33. The molecule has 0 saturated heterocycles. The Bertz CT molecular complexity index is 612. The molecule has 5 nitrogen and oxygen atoms in total. The molecule has 0 radical (unpaired) electrons. The van der Waals surface area contributed by atoms with Gasteiger partial charge in [0.1, 0.15) is 0 Å². The third-order valence-electron chi connectivity index (χ3n) is 2.38. The zero-order valence-corrected chi connectivity index (χ0v) is 11.0. The summed E-state index contributed by atoms with van der Waals surface area (Å²) in [7, 11) is 0. The molecule has 1 aromatic heterocycles. The fraction of sp³-hybridized carbons (Fsp3) is 0.273. The van der Waals surface area contributed by atoms with E-state index >= 15 is 0 Å². The van der Waals surface area contributed by atoms with Gasteiger partial charge in [-0.1, -0.05) is 22.8 Å². The first kappa shape index (κ1) is 14.6. The minimum Gasteiger partial charge on any atom is -0.406 e. The van der Waals surface area contributed by atoms with Crippen LogP contribution in [-0.4, -0.2) is 10.2 Å². The molecule has 1 heterocycles. The Morgan fingerprint density at radius 3 is 2.60 bits per heavy atom. The fourth-order valence-electron chi connectivity index (χ4n) is 1.46. The number of benzene rings is 1. The maximum Gasteiger partial charge on any atom is 0.418 e. The van der Waals surface area contributed by atoms with Gasteiger partial charge in [0.15, 0.2) is 0 Å². The number of anilines is 2. The van der Waals surface area contributed by atoms with Crippen LogP contribution in [0.2, 0.25) is 5.02 Å². The maximum atomic E-state index is 12.9. The summed E-state index contributed by atoms with van der Waals surface area (Å²) < 4.78 is 43.7. The normalized spacial score (nSPS) is 13.3. The Morgan fingerprint density at radius 1 is 1.35 bits per heavy atom. The van der Waals surface area contributed by atoms with E-state index in [-0.39, 0.29) is 22.6 Å². The largest absolute Gasteiger partial charge is 0.418 e. The summed E-state index contributed by atoms with van der Waals surface area (Å²) in [6, 6.07) is 2.69. The molecule has 0 aliphatic heterocycles. The van der Waals surface area contributed by atoms with Crippen LogP contribution < -0.4 is 11.1 Å². The van der Waals surface area contributed by atoms with Crippen molar-refractivity contribution in [2.45, 2.75) is 19.1 Å². The van der Waals surface area contributed by atoms with Crippen LogP contribution in [0.15, 0.2) is 22.6 Å². The highest BCUT2D eigenvalue weighted by Gasteiger charge is 2.34. The van der Waals surface area contributed by atoms with E-state index in [2.05, 4.69) is 15.5 Å². The van der Waals surface area contributed by atoms with Crippen molar-refractivity contribution in [3.05, 3.63) is 34.7 Å². The van der Waals surface area contributed by atoms with E-state index in [4.69, 9.17) is 21.8 Å². The van der Waals surface area contributed by atoms with Crippen LogP contribution in [0.5, 0.6) is 0 Å². The Balaban J connectivity index is 2.37. The van der Waals surface area contributed by atoms with Crippen LogP contribution in [0.1, 0.15) is 24.4 Å². The molecule has 3 N–H and O–H groups in total. The lowest BCUT2D eigenvalue weighted by molar-refractivity contribution is -0.136. The zero-order chi connectivity index (χ0) is 14.9. The van der Waals surface area contributed by atoms with Crippen LogP contribution in [0.4, 0.5) is 24.9 Å². The Kier molecular flexibility index (Phi) is 3.87. The molecule has 1 atom stereocenters. The molecule has 1 aromatic carbocycles. The van der Waals surface area contributed by atoms with Gasteiger partial charge in [0, 0.05) is 0 Å². The second-order valence-corrected chi connectivity index (χ2v) is 4.43. The van der Waals surface area contributed by atoms with Gasteiger partial charge in [-0.15, -0.1) is 5.10 Å². The topological polar surface area (TPSA) is 77.0 Å². The van der Waals surface area contributed by atoms with Gasteiger partial charge in [-0.25, -0.2) is 0 Å². The van der Waals surface area contributed by atoms with Gasteiger partial charge in [0.25, 0.3) is 0 Å². The fourth-order valence-corrected chi connectivity index (χ4v) is 1.69. The summed E-state index contributed by atoms with van der Waals surface area (Å²) >= 11 is 5.78. The van der Waals surface area contributed by atoms with E-state index in [1.165, 1.54) is 12.1 Å². The predicted molar refractivity (Wildman–Crippen MR) is 66.6 cm³/mol. The van der Waals surface area contributed by atoms with Crippen LogP contribution in [-0.2, 0) is 6.18 Å². The molecule has 0 fully saturated rings. The van der Waals surface area contributed by atoms with Gasteiger partial charge >= 0.3 is 12.2 Å². The molecule has 0 aliphatic carbocycles. The molecule has 0 spiro atoms. The number of nitrogens with zero attached hydrogens (tertiary/aromatic N) is 2. The number of alkyl halides is 3. The predicted octanol–water partition coefficient (Wildman–Crippen LogP) is 3.51. The third-order valence-corrected chi connectivity index (χ3v) is 2.70. The zero-order valence-electron chi connectivity index (χ0n) is 10.2. The molecule has 0 aliphatic rings. The lowest BCUT2D eigenvalue weighted by Gasteiger charge is -2.13. The van der Waals surface area contributed by atoms with Crippen LogP contribution in [0.3, 0.4) is 0 Å². The molecule has 1 unspecified atom stereocenters. The quantitative estimate of drug-likeness (QED) is 0.907. The number of hydrogen-bond donors (Lipinski definition) is 2. The van der Waals surface area contributed by atoms with E-state index in [0.717, 1.165) is 6.07 Å². The van der Waals surface area contributed by atoms with E-state index in [1.807, 2.05) is 0 Å². The summed E-state index contributed by atoms with van der Waals surface area (Å²) in [5.41, 5.74) is 4.25. The lowest BCUT2D eigenvalue weighted by atomic mass is 10.1. The van der Waals surface area contributed by atoms with Crippen LogP contribution in [0, 0.1) is 0 Å². The molecule has 0 amide bonds. The number of para-hydroxylation sites is 1. The molecule has 2 rings (SSSR count). The highest BCUT2D eigenvalue weighted by atomic mass is 35.5. The minimum absolute atomic E-state index is 0.105. The number of halogens is 4. The van der Waals surface area contributed by atoms with Crippen LogP contribution in [0.25, 0.3) is 0 Å². The Hall–Kier alpha value is -1.80. The first-order chi connectivity index (χ1) is 9.29. The number of nitrogens with two attached hydrogens (primary N) is 1. The van der Waals surface area contributed by atoms with E-state index in [0.29, 0.717) is 0 Å². The van der Waals surface area contributed by atoms with Crippen LogP contribution >= 0.6 is 11.6 Å². The molecule has 2 aromatic rings. The first-order valence-corrected chi connectivity index (χ1v) is 5.88. The smallest absolute Gasteiger partial charge is 0.406 e. The molecule has 0 saturated carbocycles.